The molecule has 0 spiro atoms. The van der Waals surface area contributed by atoms with E-state index in [2.05, 4.69) is 51.5 Å². The van der Waals surface area contributed by atoms with Crippen LogP contribution in [0.4, 0.5) is 59.4 Å². The Hall–Kier alpha value is -10.2. The van der Waals surface area contributed by atoms with Crippen LogP contribution in [0.5, 0.6) is 5.75 Å². The van der Waals surface area contributed by atoms with Gasteiger partial charge in [0.05, 0.1) is 81.0 Å². The second kappa shape index (κ2) is 35.0. The van der Waals surface area contributed by atoms with Crippen molar-refractivity contribution in [1.29, 1.82) is 0 Å². The summed E-state index contributed by atoms with van der Waals surface area (Å²) in [5.41, 5.74) is -8.68. The number of piperazine rings is 1. The number of benzene rings is 3. The van der Waals surface area contributed by atoms with Gasteiger partial charge in [-0.15, -0.1) is 0 Å². The smallest absolute Gasteiger partial charge is 0.480 e. The van der Waals surface area contributed by atoms with E-state index in [1.807, 2.05) is 10.7 Å². The summed E-state index contributed by atoms with van der Waals surface area (Å²) >= 11 is 0. The molecule has 5 aromatic rings. The molecule has 8 rings (SSSR count). The Labute approximate surface area is 628 Å². The van der Waals surface area contributed by atoms with Gasteiger partial charge in [-0.1, -0.05) is 43.9 Å². The van der Waals surface area contributed by atoms with Crippen LogP contribution in [0.3, 0.4) is 0 Å². The Balaban J connectivity index is 1.28. The number of carboxylic acids is 2. The Morgan fingerprint density at radius 2 is 1.28 bits per heavy atom. The van der Waals surface area contributed by atoms with Crippen LogP contribution in [0.25, 0.3) is 11.3 Å². The van der Waals surface area contributed by atoms with E-state index in [-0.39, 0.29) is 26.9 Å². The van der Waals surface area contributed by atoms with Gasteiger partial charge in [-0.05, 0) is 107 Å². The average molecular weight is 1600 g/mol. The first kappa shape index (κ1) is 86.4. The van der Waals surface area contributed by atoms with E-state index in [1.54, 1.807) is 5.32 Å². The van der Waals surface area contributed by atoms with Crippen LogP contribution in [-0.4, -0.2) is 217 Å². The van der Waals surface area contributed by atoms with Crippen LogP contribution in [0.1, 0.15) is 106 Å². The number of alkyl carbamates (subject to hydrolysis) is 2. The molecule has 3 aliphatic heterocycles. The van der Waals surface area contributed by atoms with Gasteiger partial charge in [-0.3, -0.25) is 48.9 Å². The molecule has 30 nitrogen and oxygen atoms in total. The Morgan fingerprint density at radius 1 is 0.739 bits per heavy atom. The number of esters is 1. The maximum absolute atomic E-state index is 16.9. The number of carboxylic acid groups (broad SMARTS) is 2. The van der Waals surface area contributed by atoms with Crippen molar-refractivity contribution in [3.8, 4) is 28.8 Å². The number of carbonyl (C=O) groups excluding carboxylic acids is 6. The highest BCUT2D eigenvalue weighted by atomic mass is 31.2. The monoisotopic (exact) mass is 1600 g/mol. The van der Waals surface area contributed by atoms with Crippen molar-refractivity contribution in [3.63, 3.8) is 0 Å². The van der Waals surface area contributed by atoms with Gasteiger partial charge in [-0.2, -0.15) is 40.2 Å². The average Bonchev–Trinajstić information content (AvgIpc) is 1.66. The summed E-state index contributed by atoms with van der Waals surface area (Å²) < 4.78 is 191. The molecule has 0 saturated carbocycles. The maximum Gasteiger partial charge on any atom is 0.524 e. The van der Waals surface area contributed by atoms with E-state index < -0.39 is 200 Å². The first-order valence-corrected chi connectivity index (χ1v) is 35.5. The lowest BCUT2D eigenvalue weighted by molar-refractivity contribution is -0.221. The number of nitrogens with zero attached hydrogens (tertiary/aromatic N) is 8. The fourth-order valence-corrected chi connectivity index (χ4v) is 13.5. The zero-order chi connectivity index (χ0) is 82.2. The molecule has 2 bridgehead atoms. The quantitative estimate of drug-likeness (QED) is 0.00540. The van der Waals surface area contributed by atoms with E-state index in [9.17, 15) is 62.1 Å². The summed E-state index contributed by atoms with van der Waals surface area (Å²) in [4.78, 5) is 143. The number of halogens is 10. The van der Waals surface area contributed by atoms with E-state index >= 15 is 44.7 Å². The Kier molecular flexibility index (Phi) is 27.3. The van der Waals surface area contributed by atoms with Crippen molar-refractivity contribution in [2.75, 3.05) is 65.1 Å². The van der Waals surface area contributed by atoms with Crippen molar-refractivity contribution in [1.82, 2.24) is 55.9 Å². The van der Waals surface area contributed by atoms with Crippen molar-refractivity contribution in [2.24, 2.45) is 10.8 Å². The fraction of sp³-hybridized carbons (Fsp3) is 0.500. The highest BCUT2D eigenvalue weighted by Gasteiger charge is 2.58. The molecule has 111 heavy (non-hydrogen) atoms. The lowest BCUT2D eigenvalue weighted by Gasteiger charge is -2.47. The second-order valence-corrected chi connectivity index (χ2v) is 29.6. The summed E-state index contributed by atoms with van der Waals surface area (Å²) in [7, 11) is -4.24. The van der Waals surface area contributed by atoms with Crippen LogP contribution in [0, 0.1) is 41.2 Å². The van der Waals surface area contributed by atoms with Crippen molar-refractivity contribution in [2.45, 2.75) is 154 Å². The molecular formula is C70H81F10N12O18P. The van der Waals surface area contributed by atoms with E-state index in [1.165, 1.54) is 63.5 Å². The van der Waals surface area contributed by atoms with Gasteiger partial charge >= 0.3 is 56.8 Å². The minimum atomic E-state index is -5.68. The number of phosphoric ester groups is 1. The number of fused-ring (bicyclic) bond motifs is 2. The van der Waals surface area contributed by atoms with Crippen molar-refractivity contribution < 1.29 is 130 Å². The number of phosphoric acid groups is 1. The number of aryl methyl sites for hydroxylation is 1. The molecule has 3 aliphatic rings. The topological polar surface area (TPSA) is 385 Å². The number of aliphatic carboxylic acids is 2. The normalized spacial score (nSPS) is 16.8. The SMILES string of the molecule is COC(=O)N[C@H](C(=O)N[C@@H](Cc1ccc(C#Cc2cnc(N3CC4CCC(C3)N4C3COC3)nc2)cc1)[C@H](CN(Cc1c(F)cc(-c2ccn(C(F)F)n2)cc1F)NC(=O)[C@@H](NC(=O)OC)C(C)(C)C(F)(F)F)OC(=O)CC(C)(C)c1c(CC(=O)N(CC(=O)O)CC(=O)O)cc(C)cc1OP(=O)(O)O)C(C)(C)C(F)(F)F. The maximum atomic E-state index is 16.9. The van der Waals surface area contributed by atoms with Gasteiger partial charge in [0, 0.05) is 78.0 Å². The third kappa shape index (κ3) is 21.9. The molecule has 2 aromatic heterocycles. The lowest BCUT2D eigenvalue weighted by Crippen LogP contribution is -2.64. The number of hydrogen-bond acceptors (Lipinski definition) is 20. The molecule has 2 unspecified atom stereocenters. The van der Waals surface area contributed by atoms with Crippen LogP contribution in [0.2, 0.25) is 0 Å². The number of ether oxygens (including phenoxy) is 4. The molecule has 41 heteroatoms. The number of aromatic nitrogens is 4. The van der Waals surface area contributed by atoms with E-state index in [0.29, 0.717) is 113 Å². The number of hydrogen-bond donors (Lipinski definition) is 8. The molecule has 6 atom stereocenters. The van der Waals surface area contributed by atoms with Crippen LogP contribution >= 0.6 is 7.82 Å². The highest BCUT2D eigenvalue weighted by Crippen LogP contribution is 2.47. The molecule has 3 saturated heterocycles. The molecular weight excluding hydrogens is 1520 g/mol. The van der Waals surface area contributed by atoms with Crippen LogP contribution < -0.4 is 30.8 Å². The fourth-order valence-electron chi connectivity index (χ4n) is 13.1. The zero-order valence-electron chi connectivity index (χ0n) is 61.0. The number of rotatable bonds is 31. The summed E-state index contributed by atoms with van der Waals surface area (Å²) in [6.45, 7) is -0.150. The van der Waals surface area contributed by atoms with Crippen molar-refractivity contribution in [3.05, 3.63) is 124 Å². The van der Waals surface area contributed by atoms with Crippen LogP contribution in [0.15, 0.2) is 73.2 Å². The first-order valence-electron chi connectivity index (χ1n) is 34.0. The minimum absolute atomic E-state index is 0.0474. The molecule has 5 heterocycles. The van der Waals surface area contributed by atoms with Gasteiger partial charge in [0.15, 0.2) is 0 Å². The van der Waals surface area contributed by atoms with E-state index in [4.69, 9.17) is 14.0 Å². The number of nitrogens with one attached hydrogen (secondary N) is 4. The minimum Gasteiger partial charge on any atom is -0.480 e. The summed E-state index contributed by atoms with van der Waals surface area (Å²) in [5.74, 6) is -7.35. The van der Waals surface area contributed by atoms with Gasteiger partial charge in [0.1, 0.15) is 48.7 Å². The largest absolute Gasteiger partial charge is 0.524 e. The third-order valence-electron chi connectivity index (χ3n) is 19.1. The summed E-state index contributed by atoms with van der Waals surface area (Å²) in [5, 5.41) is 29.1. The number of amides is 5. The number of alkyl halides is 8. The molecule has 3 fully saturated rings. The Morgan fingerprint density at radius 3 is 1.77 bits per heavy atom. The van der Waals surface area contributed by atoms with Gasteiger partial charge in [0.2, 0.25) is 17.8 Å². The molecule has 0 aliphatic carbocycles. The van der Waals surface area contributed by atoms with Crippen molar-refractivity contribution >= 4 is 61.6 Å². The predicted molar refractivity (Wildman–Crippen MR) is 368 cm³/mol. The van der Waals surface area contributed by atoms with Gasteiger partial charge < -0.3 is 59.4 Å². The first-order chi connectivity index (χ1) is 51.7. The molecule has 604 valence electrons. The van der Waals surface area contributed by atoms with E-state index in [0.717, 1.165) is 38.3 Å². The van der Waals surface area contributed by atoms with Crippen LogP contribution in [-0.2, 0) is 77.1 Å². The summed E-state index contributed by atoms with van der Waals surface area (Å²) in [6.07, 6.45) is -13.6. The third-order valence-corrected chi connectivity index (χ3v) is 19.5. The van der Waals surface area contributed by atoms with Gasteiger partial charge in [0.25, 0.3) is 5.91 Å². The summed E-state index contributed by atoms with van der Waals surface area (Å²) in [6, 6.07) is 3.11. The number of methoxy groups -OCH3 is 2. The molecule has 0 radical (unpaired) electrons. The molecule has 8 N–H and O–H groups in total. The Bertz CT molecular complexity index is 4330. The number of hydrazine groups is 1. The van der Waals surface area contributed by atoms with Gasteiger partial charge in [-0.25, -0.2) is 42.6 Å². The number of anilines is 1. The highest BCUT2D eigenvalue weighted by molar-refractivity contribution is 7.46. The lowest BCUT2D eigenvalue weighted by atomic mass is 9.77. The number of carbonyl (C=O) groups is 8. The molecule has 5 amide bonds. The zero-order valence-corrected chi connectivity index (χ0v) is 61.9. The standard InChI is InChI=1S/C70H81F10N12O18P/c1-37-20-42(25-53(93)88(33-54(94)95)34-55(96)97)57(51(21-37)110-111(103,104)105)66(2,3)26-56(98)109-52(32-90(87-61(100)59(85-65(102)107-9)68(6,7)70(78,79)80)31-46-47(71)23-41(24-48(46)72)49-18-19-91(86-49)62(73)74)50(83-60(99)58(84-64(101)106-8)67(4,5)69(75,76)77)22-39-13-10-38(11-14-39)12-15-40-27-81-63(82-28-40)89-29-43-16-17-44(30-89)92(43)45-35-108-36-45/h10-11,13-14,18-21,23-24,27-28,43-45,50,52,58-59,62H,16-17,22,25-26,29-36H2,1-9H3,(H,83,99)(H,84,101)(H,85,102)(H,87,100)(H,94,95)(H,96,97)(H2,103,104,105)/t43?,44?,50-,52-,58+,59+/m0/s1. The molecule has 3 aromatic carbocycles. The second-order valence-electron chi connectivity index (χ2n) is 28.5. The predicted octanol–water partition coefficient (Wildman–Crippen LogP) is 7.25.